The monoisotopic (exact) mass is 289 g/mol. The maximum Gasteiger partial charge on any atom is 0.409 e. The van der Waals surface area contributed by atoms with Gasteiger partial charge >= 0.3 is 6.09 Å². The molecule has 7 heteroatoms. The quantitative estimate of drug-likeness (QED) is 0.875. The highest BCUT2D eigenvalue weighted by molar-refractivity contribution is 5.69. The van der Waals surface area contributed by atoms with E-state index < -0.39 is 0 Å². The highest BCUT2D eigenvalue weighted by atomic mass is 16.6. The number of likely N-dealkylation sites (tertiary alicyclic amines) is 1. The zero-order valence-corrected chi connectivity index (χ0v) is 12.0. The van der Waals surface area contributed by atoms with E-state index in [2.05, 4.69) is 10.3 Å². The van der Waals surface area contributed by atoms with Crippen LogP contribution in [0.25, 0.3) is 0 Å². The molecule has 112 valence electrons. The summed E-state index contributed by atoms with van der Waals surface area (Å²) in [7, 11) is 0. The van der Waals surface area contributed by atoms with Crippen LogP contribution in [0.4, 0.5) is 16.3 Å². The molecule has 1 aromatic rings. The van der Waals surface area contributed by atoms with Gasteiger partial charge in [0.1, 0.15) is 6.07 Å². The first-order valence-electron chi connectivity index (χ1n) is 6.98. The number of amides is 1. The van der Waals surface area contributed by atoms with E-state index in [-0.39, 0.29) is 12.1 Å². The van der Waals surface area contributed by atoms with Gasteiger partial charge in [-0.2, -0.15) is 5.26 Å². The minimum Gasteiger partial charge on any atom is -0.450 e. The van der Waals surface area contributed by atoms with Gasteiger partial charge in [-0.25, -0.2) is 9.78 Å². The number of nitrogen functional groups attached to an aromatic ring is 1. The molecule has 1 saturated heterocycles. The number of nitrogens with zero attached hydrogens (tertiary/aromatic N) is 3. The van der Waals surface area contributed by atoms with Gasteiger partial charge in [-0.1, -0.05) is 0 Å². The SMILES string of the molecule is CCOC(=O)N1CCC(Nc2nccc(C#N)c2N)CC1. The fourth-order valence-corrected chi connectivity index (χ4v) is 2.30. The van der Waals surface area contributed by atoms with Gasteiger partial charge in [0, 0.05) is 25.3 Å². The molecule has 0 aliphatic carbocycles. The molecular weight excluding hydrogens is 270 g/mol. The van der Waals surface area contributed by atoms with Crippen LogP contribution < -0.4 is 11.1 Å². The number of nitrogens with two attached hydrogens (primary N) is 1. The first-order chi connectivity index (χ1) is 10.2. The number of nitrogens with one attached hydrogen (secondary N) is 1. The smallest absolute Gasteiger partial charge is 0.409 e. The lowest BCUT2D eigenvalue weighted by molar-refractivity contribution is 0.0983. The number of hydrogen-bond acceptors (Lipinski definition) is 6. The van der Waals surface area contributed by atoms with Crippen LogP contribution in [0.15, 0.2) is 12.3 Å². The van der Waals surface area contributed by atoms with Crippen LogP contribution in [0.2, 0.25) is 0 Å². The molecule has 1 aliphatic rings. The van der Waals surface area contributed by atoms with Crippen molar-refractivity contribution in [2.24, 2.45) is 0 Å². The minimum absolute atomic E-state index is 0.180. The topological polar surface area (TPSA) is 104 Å². The number of pyridine rings is 1. The number of hydrogen-bond donors (Lipinski definition) is 2. The predicted molar refractivity (Wildman–Crippen MR) is 78.6 cm³/mol. The average molecular weight is 289 g/mol. The number of carbonyl (C=O) groups excluding carboxylic acids is 1. The summed E-state index contributed by atoms with van der Waals surface area (Å²) in [6, 6.07) is 3.80. The van der Waals surface area contributed by atoms with Crippen molar-refractivity contribution < 1.29 is 9.53 Å². The minimum atomic E-state index is -0.264. The molecule has 1 fully saturated rings. The maximum atomic E-state index is 11.6. The Morgan fingerprint density at radius 3 is 2.95 bits per heavy atom. The van der Waals surface area contributed by atoms with Crippen LogP contribution in [0, 0.1) is 11.3 Å². The molecule has 21 heavy (non-hydrogen) atoms. The molecule has 2 heterocycles. The van der Waals surface area contributed by atoms with Crippen LogP contribution in [0.3, 0.4) is 0 Å². The van der Waals surface area contributed by atoms with Crippen LogP contribution in [0.5, 0.6) is 0 Å². The summed E-state index contributed by atoms with van der Waals surface area (Å²) in [6.07, 6.45) is 2.87. The van der Waals surface area contributed by atoms with Gasteiger partial charge < -0.3 is 20.7 Å². The summed E-state index contributed by atoms with van der Waals surface area (Å²) in [5, 5.41) is 12.2. The number of rotatable bonds is 3. The van der Waals surface area contributed by atoms with E-state index in [1.54, 1.807) is 24.1 Å². The van der Waals surface area contributed by atoms with Crippen molar-refractivity contribution in [2.45, 2.75) is 25.8 Å². The van der Waals surface area contributed by atoms with E-state index in [0.717, 1.165) is 12.8 Å². The van der Waals surface area contributed by atoms with Gasteiger partial charge in [0.25, 0.3) is 0 Å². The number of anilines is 2. The van der Waals surface area contributed by atoms with Crippen molar-refractivity contribution in [2.75, 3.05) is 30.7 Å². The molecule has 1 aromatic heterocycles. The third kappa shape index (κ3) is 3.54. The Labute approximate surface area is 123 Å². The zero-order valence-electron chi connectivity index (χ0n) is 12.0. The molecule has 0 bridgehead atoms. The molecule has 0 aromatic carbocycles. The van der Waals surface area contributed by atoms with Gasteiger partial charge in [0.05, 0.1) is 17.9 Å². The van der Waals surface area contributed by atoms with E-state index in [1.807, 2.05) is 6.07 Å². The number of aromatic nitrogens is 1. The van der Waals surface area contributed by atoms with Crippen molar-refractivity contribution in [3.8, 4) is 6.07 Å². The Morgan fingerprint density at radius 1 is 1.62 bits per heavy atom. The van der Waals surface area contributed by atoms with Crippen molar-refractivity contribution >= 4 is 17.6 Å². The maximum absolute atomic E-state index is 11.6. The second-order valence-corrected chi connectivity index (χ2v) is 4.84. The molecule has 7 nitrogen and oxygen atoms in total. The molecule has 1 aliphatic heterocycles. The molecule has 2 rings (SSSR count). The molecule has 0 unspecified atom stereocenters. The number of carbonyl (C=O) groups is 1. The fourth-order valence-electron chi connectivity index (χ4n) is 2.30. The first-order valence-corrected chi connectivity index (χ1v) is 6.98. The van der Waals surface area contributed by atoms with E-state index in [4.69, 9.17) is 15.7 Å². The van der Waals surface area contributed by atoms with E-state index in [0.29, 0.717) is 36.8 Å². The number of piperidine rings is 1. The Balaban J connectivity index is 1.92. The summed E-state index contributed by atoms with van der Waals surface area (Å²) in [4.78, 5) is 17.5. The Bertz CT molecular complexity index is 547. The Morgan fingerprint density at radius 2 is 2.33 bits per heavy atom. The predicted octanol–water partition coefficient (Wildman–Crippen LogP) is 1.57. The summed E-state index contributed by atoms with van der Waals surface area (Å²) >= 11 is 0. The summed E-state index contributed by atoms with van der Waals surface area (Å²) in [5.74, 6) is 0.531. The summed E-state index contributed by atoms with van der Waals surface area (Å²) in [6.45, 7) is 3.45. The average Bonchev–Trinajstić information content (AvgIpc) is 2.50. The highest BCUT2D eigenvalue weighted by Crippen LogP contribution is 2.22. The molecule has 0 spiro atoms. The fraction of sp³-hybridized carbons (Fsp3) is 0.500. The second kappa shape index (κ2) is 6.79. The standard InChI is InChI=1S/C14H19N5O2/c1-2-21-14(20)19-7-4-11(5-8-19)18-13-12(16)10(9-15)3-6-17-13/h3,6,11H,2,4-5,7-8,16H2,1H3,(H,17,18). The van der Waals surface area contributed by atoms with Gasteiger partial charge in [-0.3, -0.25) is 0 Å². The third-order valence-electron chi connectivity index (χ3n) is 3.47. The van der Waals surface area contributed by atoms with Crippen LogP contribution in [-0.2, 0) is 4.74 Å². The number of ether oxygens (including phenoxy) is 1. The van der Waals surface area contributed by atoms with Crippen LogP contribution in [-0.4, -0.2) is 41.7 Å². The van der Waals surface area contributed by atoms with E-state index >= 15 is 0 Å². The van der Waals surface area contributed by atoms with Gasteiger partial charge in [-0.05, 0) is 25.8 Å². The molecule has 0 atom stereocenters. The lowest BCUT2D eigenvalue weighted by Gasteiger charge is -2.32. The third-order valence-corrected chi connectivity index (χ3v) is 3.47. The summed E-state index contributed by atoms with van der Waals surface area (Å²) < 4.78 is 4.98. The molecular formula is C14H19N5O2. The zero-order chi connectivity index (χ0) is 15.2. The van der Waals surface area contributed by atoms with Gasteiger partial charge in [0.2, 0.25) is 0 Å². The molecule has 0 saturated carbocycles. The first kappa shape index (κ1) is 14.9. The molecule has 0 radical (unpaired) electrons. The lowest BCUT2D eigenvalue weighted by atomic mass is 10.1. The van der Waals surface area contributed by atoms with Crippen molar-refractivity contribution in [1.82, 2.24) is 9.88 Å². The van der Waals surface area contributed by atoms with Crippen LogP contribution in [0.1, 0.15) is 25.3 Å². The molecule has 3 N–H and O–H groups in total. The Kier molecular flexibility index (Phi) is 4.82. The van der Waals surface area contributed by atoms with Gasteiger partial charge in [0.15, 0.2) is 5.82 Å². The largest absolute Gasteiger partial charge is 0.450 e. The van der Waals surface area contributed by atoms with E-state index in [1.165, 1.54) is 0 Å². The van der Waals surface area contributed by atoms with Crippen molar-refractivity contribution in [3.05, 3.63) is 17.8 Å². The van der Waals surface area contributed by atoms with Crippen LogP contribution >= 0.6 is 0 Å². The Hall–Kier alpha value is -2.49. The summed E-state index contributed by atoms with van der Waals surface area (Å²) in [5.41, 5.74) is 6.68. The second-order valence-electron chi connectivity index (χ2n) is 4.84. The lowest BCUT2D eigenvalue weighted by Crippen LogP contribution is -2.42. The van der Waals surface area contributed by atoms with Gasteiger partial charge in [-0.15, -0.1) is 0 Å². The normalized spacial score (nSPS) is 15.3. The highest BCUT2D eigenvalue weighted by Gasteiger charge is 2.24. The van der Waals surface area contributed by atoms with Crippen molar-refractivity contribution in [3.63, 3.8) is 0 Å². The van der Waals surface area contributed by atoms with Crippen molar-refractivity contribution in [1.29, 1.82) is 5.26 Å². The van der Waals surface area contributed by atoms with E-state index in [9.17, 15) is 4.79 Å². The molecule has 1 amide bonds. The number of nitriles is 1.